The first-order valence-corrected chi connectivity index (χ1v) is 4.76. The Morgan fingerprint density at radius 3 is 2.57 bits per heavy atom. The van der Waals surface area contributed by atoms with E-state index in [4.69, 9.17) is 21.1 Å². The van der Waals surface area contributed by atoms with Crippen LogP contribution >= 0.6 is 11.6 Å². The maximum absolute atomic E-state index is 10.6. The van der Waals surface area contributed by atoms with E-state index in [9.17, 15) is 4.79 Å². The Bertz CT molecular complexity index is 274. The summed E-state index contributed by atoms with van der Waals surface area (Å²) in [5.74, 6) is 0.212. The average molecular weight is 215 g/mol. The lowest BCUT2D eigenvalue weighted by atomic mass is 10.3. The van der Waals surface area contributed by atoms with Crippen molar-refractivity contribution in [3.8, 4) is 5.75 Å². The van der Waals surface area contributed by atoms with Crippen LogP contribution < -0.4 is 4.74 Å². The lowest BCUT2D eigenvalue weighted by Gasteiger charge is -2.05. The molecule has 0 aliphatic rings. The summed E-state index contributed by atoms with van der Waals surface area (Å²) in [5, 5.41) is 0. The van der Waals surface area contributed by atoms with Crippen LogP contribution in [0.15, 0.2) is 30.3 Å². The lowest BCUT2D eigenvalue weighted by molar-refractivity contribution is -0.141. The smallest absolute Gasteiger partial charge is 0.320 e. The molecule has 0 atom stereocenters. The zero-order valence-electron chi connectivity index (χ0n) is 7.61. The summed E-state index contributed by atoms with van der Waals surface area (Å²) in [6.07, 6.45) is 0. The van der Waals surface area contributed by atoms with Crippen molar-refractivity contribution in [3.63, 3.8) is 0 Å². The van der Waals surface area contributed by atoms with Gasteiger partial charge in [-0.05, 0) is 12.1 Å². The van der Waals surface area contributed by atoms with Crippen LogP contribution in [0, 0.1) is 0 Å². The minimum atomic E-state index is -0.427. The molecule has 1 aromatic rings. The van der Waals surface area contributed by atoms with Crippen molar-refractivity contribution in [2.24, 2.45) is 0 Å². The summed E-state index contributed by atoms with van der Waals surface area (Å²) in [6.45, 7) is 0.563. The van der Waals surface area contributed by atoms with Crippen LogP contribution in [0.25, 0.3) is 0 Å². The molecule has 76 valence electrons. The Labute approximate surface area is 87.6 Å². The fourth-order valence-corrected chi connectivity index (χ4v) is 0.947. The first kappa shape index (κ1) is 10.9. The normalized spacial score (nSPS) is 9.50. The third-order valence-corrected chi connectivity index (χ3v) is 1.69. The highest BCUT2D eigenvalue weighted by Crippen LogP contribution is 2.07. The van der Waals surface area contributed by atoms with E-state index in [1.165, 1.54) is 0 Å². The molecule has 0 aromatic heterocycles. The van der Waals surface area contributed by atoms with E-state index in [0.29, 0.717) is 6.61 Å². The second kappa shape index (κ2) is 6.27. The van der Waals surface area contributed by atoms with Crippen molar-refractivity contribution in [1.82, 2.24) is 0 Å². The number of halogens is 1. The number of rotatable bonds is 5. The number of hydrogen-bond donors (Lipinski definition) is 0. The van der Waals surface area contributed by atoms with Gasteiger partial charge in [-0.3, -0.25) is 4.79 Å². The van der Waals surface area contributed by atoms with Gasteiger partial charge in [0.1, 0.15) is 24.8 Å². The maximum Gasteiger partial charge on any atom is 0.320 e. The number of hydrogen-bond acceptors (Lipinski definition) is 3. The molecule has 0 fully saturated rings. The Morgan fingerprint density at radius 2 is 1.93 bits per heavy atom. The van der Waals surface area contributed by atoms with Gasteiger partial charge < -0.3 is 9.47 Å². The number of ether oxygens (including phenoxy) is 2. The predicted molar refractivity (Wildman–Crippen MR) is 53.6 cm³/mol. The molecule has 0 saturated heterocycles. The summed E-state index contributed by atoms with van der Waals surface area (Å²) in [5.41, 5.74) is 0. The van der Waals surface area contributed by atoms with Crippen molar-refractivity contribution in [1.29, 1.82) is 0 Å². The number of carbonyl (C=O) groups is 1. The molecule has 4 heteroatoms. The van der Waals surface area contributed by atoms with Crippen molar-refractivity contribution >= 4 is 17.6 Å². The largest absolute Gasteiger partial charge is 0.490 e. The Balaban J connectivity index is 2.13. The van der Waals surface area contributed by atoms with Gasteiger partial charge in [0.15, 0.2) is 0 Å². The topological polar surface area (TPSA) is 35.5 Å². The zero-order chi connectivity index (χ0) is 10.2. The van der Waals surface area contributed by atoms with Gasteiger partial charge in [-0.25, -0.2) is 0 Å². The van der Waals surface area contributed by atoms with Crippen molar-refractivity contribution < 1.29 is 14.3 Å². The quantitative estimate of drug-likeness (QED) is 0.426. The summed E-state index contributed by atoms with van der Waals surface area (Å²) >= 11 is 5.23. The number of benzene rings is 1. The molecule has 0 spiro atoms. The molecule has 0 bridgehead atoms. The van der Waals surface area contributed by atoms with Gasteiger partial charge in [-0.1, -0.05) is 18.2 Å². The minimum absolute atomic E-state index is 0.120. The summed E-state index contributed by atoms with van der Waals surface area (Å²) in [7, 11) is 0. The Kier molecular flexibility index (Phi) is 4.86. The van der Waals surface area contributed by atoms with E-state index in [2.05, 4.69) is 0 Å². The van der Waals surface area contributed by atoms with E-state index < -0.39 is 5.97 Å². The highest BCUT2D eigenvalue weighted by Gasteiger charge is 1.98. The molecule has 0 N–H and O–H groups in total. The average Bonchev–Trinajstić information content (AvgIpc) is 2.25. The molecule has 14 heavy (non-hydrogen) atoms. The highest BCUT2D eigenvalue weighted by atomic mass is 35.5. The van der Waals surface area contributed by atoms with Gasteiger partial charge >= 0.3 is 5.97 Å². The Morgan fingerprint density at radius 1 is 1.21 bits per heavy atom. The van der Waals surface area contributed by atoms with E-state index in [1.807, 2.05) is 30.3 Å². The van der Waals surface area contributed by atoms with Crippen LogP contribution in [0.4, 0.5) is 0 Å². The molecular formula is C10H11ClO3. The zero-order valence-corrected chi connectivity index (χ0v) is 8.37. The van der Waals surface area contributed by atoms with Gasteiger partial charge in [-0.2, -0.15) is 0 Å². The van der Waals surface area contributed by atoms with Crippen LogP contribution in [-0.4, -0.2) is 25.1 Å². The molecule has 0 heterocycles. The van der Waals surface area contributed by atoms with Crippen molar-refractivity contribution in [2.45, 2.75) is 0 Å². The fraction of sp³-hybridized carbons (Fsp3) is 0.300. The third kappa shape index (κ3) is 4.14. The molecule has 0 aliphatic carbocycles. The van der Waals surface area contributed by atoms with Gasteiger partial charge in [0.05, 0.1) is 0 Å². The molecule has 0 aliphatic heterocycles. The van der Waals surface area contributed by atoms with Crippen LogP contribution in [0.2, 0.25) is 0 Å². The predicted octanol–water partition coefficient (Wildman–Crippen LogP) is 1.85. The molecule has 0 saturated carbocycles. The van der Waals surface area contributed by atoms with Gasteiger partial charge in [-0.15, -0.1) is 11.6 Å². The molecule has 3 nitrogen and oxygen atoms in total. The monoisotopic (exact) mass is 214 g/mol. The molecule has 1 aromatic carbocycles. The third-order valence-electron chi connectivity index (χ3n) is 1.47. The standard InChI is InChI=1S/C10H11ClO3/c11-8-10(12)14-7-6-13-9-4-2-1-3-5-9/h1-5H,6-8H2. The van der Waals surface area contributed by atoms with E-state index in [-0.39, 0.29) is 12.5 Å². The fourth-order valence-electron chi connectivity index (χ4n) is 0.870. The number of alkyl halides is 1. The summed E-state index contributed by atoms with van der Waals surface area (Å²) in [4.78, 5) is 10.6. The van der Waals surface area contributed by atoms with Crippen LogP contribution in [0.1, 0.15) is 0 Å². The second-order valence-corrected chi connectivity index (χ2v) is 2.78. The Hall–Kier alpha value is -1.22. The SMILES string of the molecule is O=C(CCl)OCCOc1ccccc1. The minimum Gasteiger partial charge on any atom is -0.490 e. The summed E-state index contributed by atoms with van der Waals surface area (Å²) in [6, 6.07) is 9.33. The van der Waals surface area contributed by atoms with Gasteiger partial charge in [0.25, 0.3) is 0 Å². The van der Waals surface area contributed by atoms with Gasteiger partial charge in [0, 0.05) is 0 Å². The first-order chi connectivity index (χ1) is 6.83. The molecule has 0 amide bonds. The molecular weight excluding hydrogens is 204 g/mol. The number of para-hydroxylation sites is 1. The van der Waals surface area contributed by atoms with E-state index in [0.717, 1.165) is 5.75 Å². The molecule has 1 rings (SSSR count). The summed E-state index contributed by atoms with van der Waals surface area (Å²) < 4.78 is 10.00. The van der Waals surface area contributed by atoms with E-state index in [1.54, 1.807) is 0 Å². The molecule has 0 radical (unpaired) electrons. The van der Waals surface area contributed by atoms with Crippen LogP contribution in [0.3, 0.4) is 0 Å². The van der Waals surface area contributed by atoms with Crippen molar-refractivity contribution in [2.75, 3.05) is 19.1 Å². The lowest BCUT2D eigenvalue weighted by Crippen LogP contribution is -2.12. The first-order valence-electron chi connectivity index (χ1n) is 4.22. The number of carbonyl (C=O) groups excluding carboxylic acids is 1. The maximum atomic E-state index is 10.6. The van der Waals surface area contributed by atoms with Crippen molar-refractivity contribution in [3.05, 3.63) is 30.3 Å². The van der Waals surface area contributed by atoms with Crippen LogP contribution in [-0.2, 0) is 9.53 Å². The molecule has 0 unspecified atom stereocenters. The van der Waals surface area contributed by atoms with E-state index >= 15 is 0 Å². The van der Waals surface area contributed by atoms with Gasteiger partial charge in [0.2, 0.25) is 0 Å². The van der Waals surface area contributed by atoms with Crippen LogP contribution in [0.5, 0.6) is 5.75 Å². The second-order valence-electron chi connectivity index (χ2n) is 2.52. The number of esters is 1. The highest BCUT2D eigenvalue weighted by molar-refractivity contribution is 6.26.